The Kier molecular flexibility index (Phi) is 5.83. The SMILES string of the molecule is O=C1/C(=C/c2ccc(OCc3ccc4c(c3)OCO4)cc2)SC(=S)N1Cc1ccccc1. The van der Waals surface area contributed by atoms with Crippen molar-refractivity contribution in [3.05, 3.63) is 94.4 Å². The molecule has 3 aromatic rings. The number of amides is 1. The van der Waals surface area contributed by atoms with Gasteiger partial charge in [-0.1, -0.05) is 72.5 Å². The van der Waals surface area contributed by atoms with E-state index < -0.39 is 0 Å². The molecular weight excluding hydrogens is 442 g/mol. The summed E-state index contributed by atoms with van der Waals surface area (Å²) in [6, 6.07) is 23.3. The molecule has 0 bridgehead atoms. The molecule has 1 amide bonds. The first-order valence-corrected chi connectivity index (χ1v) is 11.3. The summed E-state index contributed by atoms with van der Waals surface area (Å²) in [6.45, 7) is 1.16. The highest BCUT2D eigenvalue weighted by atomic mass is 32.2. The zero-order valence-corrected chi connectivity index (χ0v) is 18.7. The van der Waals surface area contributed by atoms with E-state index in [-0.39, 0.29) is 12.7 Å². The van der Waals surface area contributed by atoms with E-state index in [0.717, 1.165) is 33.9 Å². The molecule has 32 heavy (non-hydrogen) atoms. The molecule has 1 saturated heterocycles. The number of benzene rings is 3. The van der Waals surface area contributed by atoms with E-state index in [1.165, 1.54) is 11.8 Å². The molecule has 5 nitrogen and oxygen atoms in total. The van der Waals surface area contributed by atoms with Crippen LogP contribution in [0.5, 0.6) is 17.2 Å². The average Bonchev–Trinajstić information content (AvgIpc) is 3.39. The fourth-order valence-corrected chi connectivity index (χ4v) is 4.67. The minimum absolute atomic E-state index is 0.0630. The molecule has 3 aromatic carbocycles. The molecule has 0 aliphatic carbocycles. The summed E-state index contributed by atoms with van der Waals surface area (Å²) in [6.07, 6.45) is 1.87. The molecule has 5 rings (SSSR count). The lowest BCUT2D eigenvalue weighted by atomic mass is 10.2. The van der Waals surface area contributed by atoms with Gasteiger partial charge >= 0.3 is 0 Å². The van der Waals surface area contributed by atoms with Crippen molar-refractivity contribution in [1.29, 1.82) is 0 Å². The van der Waals surface area contributed by atoms with Crippen molar-refractivity contribution in [1.82, 2.24) is 4.90 Å². The molecule has 0 atom stereocenters. The third-order valence-corrected chi connectivity index (χ3v) is 6.46. The third-order valence-electron chi connectivity index (χ3n) is 5.08. The molecule has 0 saturated carbocycles. The molecular formula is C25H19NO4S2. The Morgan fingerprint density at radius 3 is 2.56 bits per heavy atom. The fraction of sp³-hybridized carbons (Fsp3) is 0.120. The third kappa shape index (κ3) is 4.49. The van der Waals surface area contributed by atoms with E-state index in [9.17, 15) is 4.79 Å². The Morgan fingerprint density at radius 2 is 1.75 bits per heavy atom. The van der Waals surface area contributed by atoms with Gasteiger partial charge < -0.3 is 14.2 Å². The highest BCUT2D eigenvalue weighted by Gasteiger charge is 2.31. The van der Waals surface area contributed by atoms with E-state index in [0.29, 0.717) is 22.4 Å². The van der Waals surface area contributed by atoms with Crippen LogP contribution in [0.4, 0.5) is 0 Å². The topological polar surface area (TPSA) is 48.0 Å². The molecule has 0 spiro atoms. The lowest BCUT2D eigenvalue weighted by Gasteiger charge is -2.14. The number of thioether (sulfide) groups is 1. The van der Waals surface area contributed by atoms with Gasteiger partial charge in [-0.25, -0.2) is 0 Å². The molecule has 7 heteroatoms. The van der Waals surface area contributed by atoms with Crippen LogP contribution in [0.2, 0.25) is 0 Å². The maximum absolute atomic E-state index is 12.8. The lowest BCUT2D eigenvalue weighted by molar-refractivity contribution is -0.122. The smallest absolute Gasteiger partial charge is 0.266 e. The normalized spacial score (nSPS) is 16.1. The first kappa shape index (κ1) is 20.6. The summed E-state index contributed by atoms with van der Waals surface area (Å²) < 4.78 is 17.2. The molecule has 0 aromatic heterocycles. The summed E-state index contributed by atoms with van der Waals surface area (Å²) in [5, 5.41) is 0. The van der Waals surface area contributed by atoms with Crippen LogP contribution in [0.15, 0.2) is 77.7 Å². The Bertz CT molecular complexity index is 1190. The monoisotopic (exact) mass is 461 g/mol. The van der Waals surface area contributed by atoms with Crippen molar-refractivity contribution in [2.45, 2.75) is 13.2 Å². The van der Waals surface area contributed by atoms with Crippen molar-refractivity contribution in [3.63, 3.8) is 0 Å². The summed E-state index contributed by atoms with van der Waals surface area (Å²) in [4.78, 5) is 15.1. The predicted molar refractivity (Wildman–Crippen MR) is 128 cm³/mol. The van der Waals surface area contributed by atoms with E-state index in [1.807, 2.05) is 78.9 Å². The second-order valence-electron chi connectivity index (χ2n) is 7.30. The molecule has 0 radical (unpaired) electrons. The molecule has 160 valence electrons. The van der Waals surface area contributed by atoms with E-state index in [1.54, 1.807) is 4.90 Å². The number of carbonyl (C=O) groups is 1. The van der Waals surface area contributed by atoms with Crippen LogP contribution >= 0.6 is 24.0 Å². The number of fused-ring (bicyclic) bond motifs is 1. The standard InChI is InChI=1S/C25H19NO4S2/c27-24-23(32-25(31)26(24)14-18-4-2-1-3-5-18)13-17-6-9-20(10-7-17)28-15-19-8-11-21-22(12-19)30-16-29-21/h1-13H,14-16H2/b23-13-. The number of rotatable bonds is 6. The Balaban J connectivity index is 1.22. The van der Waals surface area contributed by atoms with Gasteiger partial charge in [0, 0.05) is 0 Å². The Hall–Kier alpha value is -3.29. The maximum atomic E-state index is 12.8. The highest BCUT2D eigenvalue weighted by molar-refractivity contribution is 8.26. The fourth-order valence-electron chi connectivity index (χ4n) is 3.41. The second-order valence-corrected chi connectivity index (χ2v) is 8.97. The largest absolute Gasteiger partial charge is 0.489 e. The van der Waals surface area contributed by atoms with E-state index in [2.05, 4.69) is 0 Å². The summed E-state index contributed by atoms with van der Waals surface area (Å²) in [5.74, 6) is 2.18. The summed E-state index contributed by atoms with van der Waals surface area (Å²) in [5.41, 5.74) is 2.97. The number of nitrogens with zero attached hydrogens (tertiary/aromatic N) is 1. The van der Waals surface area contributed by atoms with Crippen LogP contribution < -0.4 is 14.2 Å². The van der Waals surface area contributed by atoms with Gasteiger partial charge in [0.1, 0.15) is 16.7 Å². The minimum Gasteiger partial charge on any atom is -0.489 e. The van der Waals surface area contributed by atoms with Crippen molar-refractivity contribution < 1.29 is 19.0 Å². The molecule has 2 aliphatic heterocycles. The molecule has 0 N–H and O–H groups in total. The van der Waals surface area contributed by atoms with Gasteiger partial charge in [-0.05, 0) is 47.0 Å². The lowest BCUT2D eigenvalue weighted by Crippen LogP contribution is -2.27. The Morgan fingerprint density at radius 1 is 0.969 bits per heavy atom. The quantitative estimate of drug-likeness (QED) is 0.362. The molecule has 2 heterocycles. The van der Waals surface area contributed by atoms with Gasteiger partial charge in [-0.2, -0.15) is 0 Å². The zero-order chi connectivity index (χ0) is 21.9. The van der Waals surface area contributed by atoms with Crippen LogP contribution in [0.3, 0.4) is 0 Å². The van der Waals surface area contributed by atoms with Crippen LogP contribution in [0.1, 0.15) is 16.7 Å². The molecule has 2 aliphatic rings. The van der Waals surface area contributed by atoms with Gasteiger partial charge in [-0.15, -0.1) is 0 Å². The minimum atomic E-state index is -0.0630. The van der Waals surface area contributed by atoms with Crippen LogP contribution in [0, 0.1) is 0 Å². The highest BCUT2D eigenvalue weighted by Crippen LogP contribution is 2.34. The Labute approximate surface area is 195 Å². The van der Waals surface area contributed by atoms with E-state index >= 15 is 0 Å². The number of hydrogen-bond acceptors (Lipinski definition) is 6. The first-order valence-electron chi connectivity index (χ1n) is 10.1. The summed E-state index contributed by atoms with van der Waals surface area (Å²) in [7, 11) is 0. The number of ether oxygens (including phenoxy) is 3. The number of carbonyl (C=O) groups excluding carboxylic acids is 1. The van der Waals surface area contributed by atoms with Crippen LogP contribution in [-0.4, -0.2) is 21.9 Å². The van der Waals surface area contributed by atoms with Crippen LogP contribution in [0.25, 0.3) is 6.08 Å². The van der Waals surface area contributed by atoms with Crippen molar-refractivity contribution in [2.75, 3.05) is 6.79 Å². The zero-order valence-electron chi connectivity index (χ0n) is 17.0. The van der Waals surface area contributed by atoms with Gasteiger partial charge in [0.05, 0.1) is 11.4 Å². The van der Waals surface area contributed by atoms with Gasteiger partial charge in [-0.3, -0.25) is 9.69 Å². The number of hydrogen-bond donors (Lipinski definition) is 0. The van der Waals surface area contributed by atoms with Gasteiger partial charge in [0.15, 0.2) is 11.5 Å². The van der Waals surface area contributed by atoms with Crippen molar-refractivity contribution in [3.8, 4) is 17.2 Å². The predicted octanol–water partition coefficient (Wildman–Crippen LogP) is 5.40. The molecule has 1 fully saturated rings. The van der Waals surface area contributed by atoms with Crippen LogP contribution in [-0.2, 0) is 17.9 Å². The first-order chi connectivity index (χ1) is 15.7. The van der Waals surface area contributed by atoms with Crippen molar-refractivity contribution >= 4 is 40.3 Å². The van der Waals surface area contributed by atoms with Crippen molar-refractivity contribution in [2.24, 2.45) is 0 Å². The van der Waals surface area contributed by atoms with Gasteiger partial charge in [0.2, 0.25) is 6.79 Å². The molecule has 0 unspecified atom stereocenters. The second kappa shape index (κ2) is 9.06. The number of thiocarbonyl (C=S) groups is 1. The average molecular weight is 462 g/mol. The maximum Gasteiger partial charge on any atom is 0.266 e. The van der Waals surface area contributed by atoms with Gasteiger partial charge in [0.25, 0.3) is 5.91 Å². The summed E-state index contributed by atoms with van der Waals surface area (Å²) >= 11 is 6.76. The van der Waals surface area contributed by atoms with E-state index in [4.69, 9.17) is 26.4 Å².